The Balaban J connectivity index is 1.07. The van der Waals surface area contributed by atoms with Crippen molar-refractivity contribution in [1.82, 2.24) is 9.13 Å². The van der Waals surface area contributed by atoms with Crippen LogP contribution in [0.2, 0.25) is 0 Å². The maximum atomic E-state index is 6.10. The molecule has 0 N–H and O–H groups in total. The van der Waals surface area contributed by atoms with E-state index < -0.39 is 0 Å². The van der Waals surface area contributed by atoms with E-state index in [0.29, 0.717) is 0 Å². The second kappa shape index (κ2) is 12.7. The standard InChI is InChI=1S/C56H49BN2O4/c1-30-53(60-30)62-37-18-12-32(13-19-37)34-16-22-40-41-28-36(56(6,7)8)29-44-51(41)59(48(40)26-34)47-11-9-10-46-50(47)57(44)43-24-23-39(33-14-20-38(21-15-33)63-54-31(2)61-54)49-42-27-35(55(3,4)5)17-25-45(42)58(46)52(43)49/h9-31,53-54H,1-8H3. The van der Waals surface area contributed by atoms with Crippen LogP contribution in [0.1, 0.15) is 66.5 Å². The third kappa shape index (κ3) is 5.52. The van der Waals surface area contributed by atoms with Gasteiger partial charge in [0.25, 0.3) is 6.71 Å². The smallest absolute Gasteiger partial charge is 0.252 e. The van der Waals surface area contributed by atoms with Crippen LogP contribution in [0.15, 0.2) is 127 Å². The summed E-state index contributed by atoms with van der Waals surface area (Å²) in [7, 11) is 0. The van der Waals surface area contributed by atoms with Gasteiger partial charge in [0.1, 0.15) is 23.7 Å². The zero-order chi connectivity index (χ0) is 42.8. The molecule has 0 saturated carbocycles. The molecule has 0 bridgehead atoms. The van der Waals surface area contributed by atoms with Crippen LogP contribution in [0.5, 0.6) is 11.5 Å². The molecule has 0 aliphatic carbocycles. The summed E-state index contributed by atoms with van der Waals surface area (Å²) in [5.41, 5.74) is 18.9. The molecule has 2 aromatic heterocycles. The van der Waals surface area contributed by atoms with Crippen LogP contribution in [0, 0.1) is 0 Å². The molecule has 6 nitrogen and oxygen atoms in total. The fraction of sp³-hybridized carbons (Fsp3) is 0.250. The van der Waals surface area contributed by atoms with Gasteiger partial charge in [0.15, 0.2) is 0 Å². The van der Waals surface area contributed by atoms with Gasteiger partial charge in [-0.05, 0) is 135 Å². The minimum Gasteiger partial charge on any atom is -0.462 e. The number of benzene rings is 7. The Bertz CT molecular complexity index is 3420. The highest BCUT2D eigenvalue weighted by Crippen LogP contribution is 2.45. The first-order valence-corrected chi connectivity index (χ1v) is 22.5. The lowest BCUT2D eigenvalue weighted by Gasteiger charge is -2.34. The van der Waals surface area contributed by atoms with Gasteiger partial charge in [0, 0.05) is 44.0 Å². The highest BCUT2D eigenvalue weighted by molar-refractivity contribution is 7.00. The summed E-state index contributed by atoms with van der Waals surface area (Å²) < 4.78 is 28.4. The second-order valence-electron chi connectivity index (χ2n) is 20.4. The van der Waals surface area contributed by atoms with E-state index in [4.69, 9.17) is 18.9 Å². The van der Waals surface area contributed by atoms with Gasteiger partial charge < -0.3 is 28.1 Å². The van der Waals surface area contributed by atoms with Gasteiger partial charge in [-0.25, -0.2) is 0 Å². The summed E-state index contributed by atoms with van der Waals surface area (Å²) in [6.07, 6.45) is -0.0393. The molecule has 7 aromatic carbocycles. The summed E-state index contributed by atoms with van der Waals surface area (Å²) in [6, 6.07) is 48.0. The molecule has 13 rings (SSSR count). The molecule has 6 heterocycles. The Morgan fingerprint density at radius 3 is 1.71 bits per heavy atom. The fourth-order valence-electron chi connectivity index (χ4n) is 10.6. The van der Waals surface area contributed by atoms with Gasteiger partial charge in [-0.3, -0.25) is 0 Å². The van der Waals surface area contributed by atoms with Crippen molar-refractivity contribution >= 4 is 66.7 Å². The van der Waals surface area contributed by atoms with Crippen LogP contribution in [-0.4, -0.2) is 40.6 Å². The molecule has 4 unspecified atom stereocenters. The fourth-order valence-corrected chi connectivity index (χ4v) is 10.6. The molecule has 9 aromatic rings. The zero-order valence-corrected chi connectivity index (χ0v) is 37.0. The van der Waals surface area contributed by atoms with Gasteiger partial charge in [-0.2, -0.15) is 0 Å². The molecular formula is C56H49BN2O4. The summed E-state index contributed by atoms with van der Waals surface area (Å²) >= 11 is 0. The minimum absolute atomic E-state index is 0.0133. The van der Waals surface area contributed by atoms with Crippen molar-refractivity contribution in [2.24, 2.45) is 0 Å². The minimum atomic E-state index is -0.164. The first-order valence-electron chi connectivity index (χ1n) is 22.5. The Hall–Kier alpha value is -6.28. The topological polar surface area (TPSA) is 53.4 Å². The lowest BCUT2D eigenvalue weighted by Crippen LogP contribution is -2.59. The largest absolute Gasteiger partial charge is 0.462 e. The maximum absolute atomic E-state index is 6.10. The van der Waals surface area contributed by atoms with Crippen LogP contribution >= 0.6 is 0 Å². The second-order valence-corrected chi connectivity index (χ2v) is 20.4. The van der Waals surface area contributed by atoms with Gasteiger partial charge in [0.2, 0.25) is 12.6 Å². The van der Waals surface area contributed by atoms with Gasteiger partial charge in [-0.1, -0.05) is 108 Å². The molecule has 4 aliphatic heterocycles. The first-order chi connectivity index (χ1) is 30.3. The number of rotatable bonds is 6. The first kappa shape index (κ1) is 37.3. The molecule has 63 heavy (non-hydrogen) atoms. The predicted molar refractivity (Wildman–Crippen MR) is 258 cm³/mol. The van der Waals surface area contributed by atoms with E-state index in [2.05, 4.69) is 178 Å². The third-order valence-corrected chi connectivity index (χ3v) is 14.2. The number of ether oxygens (including phenoxy) is 4. The van der Waals surface area contributed by atoms with Gasteiger partial charge in [0.05, 0.1) is 11.0 Å². The van der Waals surface area contributed by atoms with E-state index in [1.165, 1.54) is 99.2 Å². The highest BCUT2D eigenvalue weighted by Gasteiger charge is 2.42. The monoisotopic (exact) mass is 824 g/mol. The number of epoxide rings is 2. The maximum Gasteiger partial charge on any atom is 0.252 e. The van der Waals surface area contributed by atoms with Crippen molar-refractivity contribution < 1.29 is 18.9 Å². The van der Waals surface area contributed by atoms with Crippen molar-refractivity contribution in [1.29, 1.82) is 0 Å². The Morgan fingerprint density at radius 1 is 0.508 bits per heavy atom. The molecule has 0 spiro atoms. The average molecular weight is 825 g/mol. The van der Waals surface area contributed by atoms with Crippen molar-refractivity contribution in [3.05, 3.63) is 139 Å². The molecular weight excluding hydrogens is 775 g/mol. The molecule has 4 aliphatic rings. The Kier molecular flexibility index (Phi) is 7.51. The summed E-state index contributed by atoms with van der Waals surface area (Å²) in [5, 5.41) is 5.16. The van der Waals surface area contributed by atoms with Crippen molar-refractivity contribution in [3.8, 4) is 45.1 Å². The third-order valence-electron chi connectivity index (χ3n) is 14.2. The number of fused-ring (bicyclic) bond motifs is 10. The van der Waals surface area contributed by atoms with Gasteiger partial charge >= 0.3 is 0 Å². The summed E-state index contributed by atoms with van der Waals surface area (Å²) in [6.45, 7) is 18.1. The number of nitrogens with zero attached hydrogens (tertiary/aromatic N) is 2. The molecule has 2 saturated heterocycles. The SMILES string of the molecule is CC1OC1Oc1ccc(-c2ccc3c4cc(C(C)(C)C)cc5c4n(c3c2)-c2cccc3c2B5c2ccc(-c4ccc(OC5OC5C)cc4)c4c5cc(C(C)(C)C)ccc5n-3c24)cc1. The quantitative estimate of drug-likeness (QED) is 0.124. The van der Waals surface area contributed by atoms with Crippen LogP contribution in [0.3, 0.4) is 0 Å². The van der Waals surface area contributed by atoms with Gasteiger partial charge in [-0.15, -0.1) is 0 Å². The van der Waals surface area contributed by atoms with Crippen molar-refractivity contribution in [2.75, 3.05) is 0 Å². The van der Waals surface area contributed by atoms with Crippen molar-refractivity contribution in [2.45, 2.75) is 91.0 Å². The number of hydrogen-bond acceptors (Lipinski definition) is 4. The predicted octanol–water partition coefficient (Wildman–Crippen LogP) is 11.2. The highest BCUT2D eigenvalue weighted by atomic mass is 16.8. The Labute approximate surface area is 368 Å². The van der Waals surface area contributed by atoms with Crippen LogP contribution in [0.4, 0.5) is 0 Å². The number of aromatic nitrogens is 2. The average Bonchev–Trinajstić information content (AvgIpc) is 4.08. The van der Waals surface area contributed by atoms with E-state index in [1.807, 2.05) is 13.8 Å². The molecule has 7 heteroatoms. The lowest BCUT2D eigenvalue weighted by molar-refractivity contribution is 0.178. The molecule has 2 fully saturated rings. The lowest BCUT2D eigenvalue weighted by atomic mass is 9.34. The van der Waals surface area contributed by atoms with E-state index in [-0.39, 0.29) is 42.3 Å². The van der Waals surface area contributed by atoms with E-state index >= 15 is 0 Å². The molecule has 0 radical (unpaired) electrons. The van der Waals surface area contributed by atoms with E-state index in [1.54, 1.807) is 0 Å². The number of hydrogen-bond donors (Lipinski definition) is 0. The molecule has 4 atom stereocenters. The van der Waals surface area contributed by atoms with Crippen LogP contribution in [0.25, 0.3) is 77.2 Å². The van der Waals surface area contributed by atoms with E-state index in [0.717, 1.165) is 17.1 Å². The van der Waals surface area contributed by atoms with Crippen LogP contribution in [-0.2, 0) is 20.3 Å². The zero-order valence-electron chi connectivity index (χ0n) is 37.0. The Morgan fingerprint density at radius 2 is 1.10 bits per heavy atom. The van der Waals surface area contributed by atoms with E-state index in [9.17, 15) is 0 Å². The normalized spacial score (nSPS) is 19.6. The van der Waals surface area contributed by atoms with Crippen molar-refractivity contribution in [3.63, 3.8) is 0 Å². The summed E-state index contributed by atoms with van der Waals surface area (Å²) in [5.74, 6) is 1.66. The van der Waals surface area contributed by atoms with Crippen LogP contribution < -0.4 is 25.9 Å². The molecule has 310 valence electrons. The summed E-state index contributed by atoms with van der Waals surface area (Å²) in [4.78, 5) is 0. The molecule has 0 amide bonds.